The van der Waals surface area contributed by atoms with Crippen molar-refractivity contribution in [2.75, 3.05) is 13.2 Å². The van der Waals surface area contributed by atoms with Gasteiger partial charge < -0.3 is 10.8 Å². The molecule has 0 heterocycles. The van der Waals surface area contributed by atoms with E-state index in [-0.39, 0.29) is 17.9 Å². The molecule has 3 heteroatoms. The normalized spacial score (nSPS) is 20.2. The zero-order valence-corrected chi connectivity index (χ0v) is 10.1. The van der Waals surface area contributed by atoms with Crippen LogP contribution in [0.3, 0.4) is 0 Å². The molecule has 1 saturated carbocycles. The number of nitrogens with two attached hydrogens (primary N) is 1. The van der Waals surface area contributed by atoms with Crippen LogP contribution in [0.1, 0.15) is 30.7 Å². The van der Waals surface area contributed by atoms with Gasteiger partial charge in [0.2, 0.25) is 0 Å². The quantitative estimate of drug-likeness (QED) is 0.848. The molecule has 2 nitrogen and oxygen atoms in total. The Labute approximate surface area is 101 Å². The maximum Gasteiger partial charge on any atom is 0.0493 e. The summed E-state index contributed by atoms with van der Waals surface area (Å²) in [7, 11) is 0. The van der Waals surface area contributed by atoms with Crippen LogP contribution in [0, 0.1) is 5.41 Å². The van der Waals surface area contributed by atoms with Crippen LogP contribution in [0.4, 0.5) is 0 Å². The topological polar surface area (TPSA) is 46.2 Å². The number of benzene rings is 1. The Morgan fingerprint density at radius 2 is 2.06 bits per heavy atom. The average molecular weight is 240 g/mol. The fourth-order valence-electron chi connectivity index (χ4n) is 2.71. The third kappa shape index (κ3) is 1.86. The van der Waals surface area contributed by atoms with Crippen molar-refractivity contribution in [1.82, 2.24) is 0 Å². The highest BCUT2D eigenvalue weighted by atomic mass is 35.5. The van der Waals surface area contributed by atoms with Crippen LogP contribution in [0.15, 0.2) is 24.3 Å². The summed E-state index contributed by atoms with van der Waals surface area (Å²) in [4.78, 5) is 0. The third-order valence-corrected chi connectivity index (χ3v) is 4.26. The van der Waals surface area contributed by atoms with E-state index >= 15 is 0 Å². The van der Waals surface area contributed by atoms with Gasteiger partial charge in [0.05, 0.1) is 0 Å². The smallest absolute Gasteiger partial charge is 0.0493 e. The van der Waals surface area contributed by atoms with E-state index in [9.17, 15) is 5.11 Å². The molecule has 0 saturated heterocycles. The third-order valence-electron chi connectivity index (χ3n) is 3.92. The van der Waals surface area contributed by atoms with Crippen LogP contribution in [-0.4, -0.2) is 18.3 Å². The summed E-state index contributed by atoms with van der Waals surface area (Å²) in [5.41, 5.74) is 6.93. The first-order chi connectivity index (χ1) is 7.73. The number of aliphatic hydroxyl groups excluding tert-OH is 1. The summed E-state index contributed by atoms with van der Waals surface area (Å²) in [5.74, 6) is 0.181. The number of hydrogen-bond donors (Lipinski definition) is 2. The van der Waals surface area contributed by atoms with Crippen molar-refractivity contribution in [1.29, 1.82) is 0 Å². The first-order valence-corrected chi connectivity index (χ1v) is 6.17. The van der Waals surface area contributed by atoms with Gasteiger partial charge in [0, 0.05) is 23.0 Å². The molecule has 1 fully saturated rings. The summed E-state index contributed by atoms with van der Waals surface area (Å²) in [5, 5.41) is 10.4. The molecule has 1 aromatic carbocycles. The van der Waals surface area contributed by atoms with Gasteiger partial charge in [-0.05, 0) is 31.0 Å². The lowest BCUT2D eigenvalue weighted by atomic mass is 9.60. The lowest BCUT2D eigenvalue weighted by molar-refractivity contribution is 0.0192. The van der Waals surface area contributed by atoms with Gasteiger partial charge in [0.1, 0.15) is 0 Å². The van der Waals surface area contributed by atoms with E-state index in [4.69, 9.17) is 17.3 Å². The van der Waals surface area contributed by atoms with Crippen molar-refractivity contribution in [3.05, 3.63) is 34.9 Å². The summed E-state index contributed by atoms with van der Waals surface area (Å²) in [6, 6.07) is 7.82. The molecule has 1 aliphatic rings. The fourth-order valence-corrected chi connectivity index (χ4v) is 2.98. The molecule has 2 rings (SSSR count). The predicted molar refractivity (Wildman–Crippen MR) is 66.6 cm³/mol. The number of hydrogen-bond acceptors (Lipinski definition) is 2. The molecule has 3 N–H and O–H groups in total. The molecule has 1 atom stereocenters. The molecule has 0 aromatic heterocycles. The Hall–Kier alpha value is -0.570. The highest BCUT2D eigenvalue weighted by Gasteiger charge is 2.44. The monoisotopic (exact) mass is 239 g/mol. The Morgan fingerprint density at radius 1 is 1.38 bits per heavy atom. The molecule has 0 unspecified atom stereocenters. The van der Waals surface area contributed by atoms with Crippen LogP contribution < -0.4 is 5.73 Å². The molecule has 88 valence electrons. The van der Waals surface area contributed by atoms with Gasteiger partial charge in [-0.2, -0.15) is 0 Å². The Morgan fingerprint density at radius 3 is 2.50 bits per heavy atom. The fraction of sp³-hybridized carbons (Fsp3) is 0.538. The molecule has 1 aliphatic carbocycles. The molecule has 0 bridgehead atoms. The molecule has 0 aliphatic heterocycles. The Bertz CT molecular complexity index is 357. The van der Waals surface area contributed by atoms with Gasteiger partial charge in [-0.1, -0.05) is 36.2 Å². The zero-order chi connectivity index (χ0) is 11.6. The van der Waals surface area contributed by atoms with Crippen molar-refractivity contribution in [2.45, 2.75) is 25.2 Å². The summed E-state index contributed by atoms with van der Waals surface area (Å²) < 4.78 is 0. The average Bonchev–Trinajstić information content (AvgIpc) is 2.25. The highest BCUT2D eigenvalue weighted by Crippen LogP contribution is 2.51. The van der Waals surface area contributed by atoms with E-state index in [1.807, 2.05) is 24.3 Å². The van der Waals surface area contributed by atoms with Gasteiger partial charge in [-0.15, -0.1) is 0 Å². The number of aliphatic hydroxyl groups is 1. The summed E-state index contributed by atoms with van der Waals surface area (Å²) in [6.07, 6.45) is 3.29. The predicted octanol–water partition coefficient (Wildman–Crippen LogP) is 2.54. The van der Waals surface area contributed by atoms with Crippen LogP contribution in [0.2, 0.25) is 5.02 Å². The van der Waals surface area contributed by atoms with Crippen LogP contribution in [0.5, 0.6) is 0 Å². The lowest BCUT2D eigenvalue weighted by Gasteiger charge is -2.46. The summed E-state index contributed by atoms with van der Waals surface area (Å²) in [6.45, 7) is 0.754. The van der Waals surface area contributed by atoms with Gasteiger partial charge >= 0.3 is 0 Å². The second kappa shape index (κ2) is 4.74. The largest absolute Gasteiger partial charge is 0.396 e. The van der Waals surface area contributed by atoms with Crippen molar-refractivity contribution in [3.8, 4) is 0 Å². The van der Waals surface area contributed by atoms with Crippen molar-refractivity contribution < 1.29 is 5.11 Å². The van der Waals surface area contributed by atoms with E-state index in [0.29, 0.717) is 6.54 Å². The molecular weight excluding hydrogens is 222 g/mol. The van der Waals surface area contributed by atoms with Gasteiger partial charge in [0.25, 0.3) is 0 Å². The van der Waals surface area contributed by atoms with Crippen molar-refractivity contribution in [3.63, 3.8) is 0 Å². The number of rotatable bonds is 4. The Balaban J connectivity index is 2.32. The molecule has 0 radical (unpaired) electrons. The SMILES string of the molecule is NC[C@H](c1ccccc1Cl)C1(CO)CCC1. The lowest BCUT2D eigenvalue weighted by Crippen LogP contribution is -2.42. The highest BCUT2D eigenvalue weighted by molar-refractivity contribution is 6.31. The molecule has 1 aromatic rings. The first kappa shape index (κ1) is 11.9. The van der Waals surface area contributed by atoms with E-state index in [1.165, 1.54) is 6.42 Å². The van der Waals surface area contributed by atoms with Gasteiger partial charge in [-0.25, -0.2) is 0 Å². The van der Waals surface area contributed by atoms with Crippen molar-refractivity contribution in [2.24, 2.45) is 11.1 Å². The molecular formula is C13H18ClNO. The minimum absolute atomic E-state index is 0.0280. The van der Waals surface area contributed by atoms with E-state index < -0.39 is 0 Å². The summed E-state index contributed by atoms with van der Waals surface area (Å²) >= 11 is 6.20. The van der Waals surface area contributed by atoms with Crippen molar-refractivity contribution >= 4 is 11.6 Å². The van der Waals surface area contributed by atoms with Gasteiger partial charge in [0.15, 0.2) is 0 Å². The maximum atomic E-state index is 9.59. The Kier molecular flexibility index (Phi) is 3.53. The second-order valence-corrected chi connectivity index (χ2v) is 5.09. The van der Waals surface area contributed by atoms with Gasteiger partial charge in [-0.3, -0.25) is 0 Å². The standard InChI is InChI=1S/C13H18ClNO/c14-12-5-2-1-4-10(12)11(8-15)13(9-16)6-3-7-13/h1-2,4-5,11,16H,3,6-9,15H2/t11-/m1/s1. The zero-order valence-electron chi connectivity index (χ0n) is 9.32. The van der Waals surface area contributed by atoms with E-state index in [1.54, 1.807) is 0 Å². The first-order valence-electron chi connectivity index (χ1n) is 5.79. The molecule has 0 amide bonds. The van der Waals surface area contributed by atoms with Crippen LogP contribution in [0.25, 0.3) is 0 Å². The van der Waals surface area contributed by atoms with Crippen LogP contribution >= 0.6 is 11.6 Å². The maximum absolute atomic E-state index is 9.59. The molecule has 0 spiro atoms. The minimum atomic E-state index is -0.0280. The molecule has 16 heavy (non-hydrogen) atoms. The second-order valence-electron chi connectivity index (χ2n) is 4.68. The van der Waals surface area contributed by atoms with E-state index in [2.05, 4.69) is 0 Å². The minimum Gasteiger partial charge on any atom is -0.396 e. The van der Waals surface area contributed by atoms with E-state index in [0.717, 1.165) is 23.4 Å². The number of halogens is 1. The van der Waals surface area contributed by atoms with Crippen LogP contribution in [-0.2, 0) is 0 Å².